The van der Waals surface area contributed by atoms with E-state index in [1.807, 2.05) is 30.3 Å². The maximum absolute atomic E-state index is 14.8. The highest BCUT2D eigenvalue weighted by atomic mass is 16.7. The lowest BCUT2D eigenvalue weighted by molar-refractivity contribution is -0.315. The number of fused-ring (bicyclic) bond motifs is 2. The van der Waals surface area contributed by atoms with E-state index in [0.717, 1.165) is 28.7 Å². The van der Waals surface area contributed by atoms with E-state index in [-0.39, 0.29) is 58.4 Å². The van der Waals surface area contributed by atoms with Crippen molar-refractivity contribution in [3.05, 3.63) is 123 Å². The first-order chi connectivity index (χ1) is 30.6. The van der Waals surface area contributed by atoms with Crippen LogP contribution in [0.25, 0.3) is 0 Å². The number of aromatic hydroxyl groups is 1. The summed E-state index contributed by atoms with van der Waals surface area (Å²) in [5.74, 6) is -4.85. The lowest BCUT2D eigenvalue weighted by atomic mass is 9.75. The Morgan fingerprint density at radius 3 is 2.33 bits per heavy atom. The molecular formula is C45H48N6O13. The predicted octanol–water partition coefficient (Wildman–Crippen LogP) is 0.113. The molecule has 0 saturated carbocycles. The fourth-order valence-corrected chi connectivity index (χ4v) is 8.52. The average Bonchev–Trinajstić information content (AvgIpc) is 3.61. The van der Waals surface area contributed by atoms with Crippen LogP contribution in [0, 0.1) is 0 Å². The van der Waals surface area contributed by atoms with Crippen molar-refractivity contribution in [3.63, 3.8) is 0 Å². The number of benzene rings is 3. The average molecular weight is 881 g/mol. The molecule has 11 N–H and O–H groups in total. The van der Waals surface area contributed by atoms with E-state index in [9.17, 15) is 49.8 Å². The van der Waals surface area contributed by atoms with E-state index >= 15 is 0 Å². The largest absolute Gasteiger partial charge is 0.507 e. The zero-order valence-electron chi connectivity index (χ0n) is 34.8. The van der Waals surface area contributed by atoms with E-state index in [0.29, 0.717) is 24.0 Å². The number of carbonyl (C=O) groups excluding carboxylic acids is 4. The molecule has 2 aliphatic heterocycles. The maximum Gasteiger partial charge on any atom is 0.253 e. The highest BCUT2D eigenvalue weighted by molar-refractivity contribution is 6.31. The Morgan fingerprint density at radius 1 is 0.969 bits per heavy atom. The molecule has 7 rings (SSSR count). The molecular weight excluding hydrogens is 833 g/mol. The summed E-state index contributed by atoms with van der Waals surface area (Å²) in [4.78, 5) is 63.4. The van der Waals surface area contributed by atoms with Gasteiger partial charge in [-0.25, -0.2) is 4.98 Å². The molecule has 4 aromatic rings. The molecule has 1 aliphatic carbocycles. The minimum atomic E-state index is -2.49. The number of aliphatic hydroxyl groups excluding tert-OH is 4. The molecule has 336 valence electrons. The summed E-state index contributed by atoms with van der Waals surface area (Å²) in [5, 5.41) is 71.6. The number of ketones is 2. The first kappa shape index (κ1) is 45.3. The Morgan fingerprint density at radius 2 is 1.69 bits per heavy atom. The Bertz CT molecular complexity index is 2530. The van der Waals surface area contributed by atoms with Crippen LogP contribution in [0.15, 0.2) is 77.9 Å². The molecule has 64 heavy (non-hydrogen) atoms. The van der Waals surface area contributed by atoms with Crippen LogP contribution >= 0.6 is 0 Å². The molecule has 1 aromatic heterocycles. The number of ether oxygens (including phenoxy) is 3. The van der Waals surface area contributed by atoms with Crippen LogP contribution in [0.3, 0.4) is 0 Å². The third-order valence-corrected chi connectivity index (χ3v) is 11.9. The lowest BCUT2D eigenvalue weighted by Gasteiger charge is -2.49. The molecule has 3 heterocycles. The molecule has 1 fully saturated rings. The molecule has 3 aromatic carbocycles. The van der Waals surface area contributed by atoms with Crippen molar-refractivity contribution < 1.29 is 64.0 Å². The number of imide groups is 1. The first-order valence-electron chi connectivity index (χ1n) is 20.2. The third kappa shape index (κ3) is 8.39. The number of aromatic nitrogens is 1. The smallest absolute Gasteiger partial charge is 0.253 e. The standard InChI is InChI=1S/C45H48N6O13/c1-48-44(47)50-18-27-24(9-8-22-6-4-3-5-7-22)14-26-36(39(27)57)40(58)37-30(16-29(62-2)28(20-52)35(37)38(26)56)63-43-41(59)42(60)45(61,31(21-53)64-43)17-25(23-12-13-49-32(46)15-23)19-51-33(54)10-11-34(51)55/h3-7,10-16,25,31,41-43,52-53,57,59-61H,8-9,17-21H2,1-2H3,(H2,46,49)(H3,47,48,50). The minimum absolute atomic E-state index is 0.0437. The first-order valence-corrected chi connectivity index (χ1v) is 20.2. The van der Waals surface area contributed by atoms with Crippen LogP contribution in [0.2, 0.25) is 0 Å². The zero-order valence-corrected chi connectivity index (χ0v) is 34.8. The molecule has 0 radical (unpaired) electrons. The van der Waals surface area contributed by atoms with E-state index < -0.39 is 96.2 Å². The highest BCUT2D eigenvalue weighted by Crippen LogP contribution is 2.46. The number of nitrogens with zero attached hydrogens (tertiary/aromatic N) is 3. The summed E-state index contributed by atoms with van der Waals surface area (Å²) in [6, 6.07) is 15.1. The zero-order chi connectivity index (χ0) is 46.0. The SMILES string of the molecule is CN=C(N)NCc1c(CCc2ccccc2)cc2c(c1O)C(=O)c1c(OC3OC(CO)C(O)(CC(CN4C(=O)C=CC4=O)c4ccnc(N)c4)C(O)C3O)cc(OC)c(CO)c1C2=O. The van der Waals surface area contributed by atoms with Gasteiger partial charge < -0.3 is 61.6 Å². The summed E-state index contributed by atoms with van der Waals surface area (Å²) in [5.41, 5.74) is 10.1. The second-order valence-electron chi connectivity index (χ2n) is 15.6. The number of anilines is 1. The third-order valence-electron chi connectivity index (χ3n) is 11.9. The number of nitrogens with two attached hydrogens (primary N) is 2. The van der Waals surface area contributed by atoms with Crippen LogP contribution in [0.4, 0.5) is 5.82 Å². The highest BCUT2D eigenvalue weighted by Gasteiger charge is 2.57. The molecule has 19 heteroatoms. The number of hydrogen-bond acceptors (Lipinski definition) is 16. The van der Waals surface area contributed by atoms with E-state index in [1.54, 1.807) is 0 Å². The maximum atomic E-state index is 14.8. The van der Waals surface area contributed by atoms with Gasteiger partial charge in [0.25, 0.3) is 11.8 Å². The number of rotatable bonds is 15. The number of phenols is 1. The fourth-order valence-electron chi connectivity index (χ4n) is 8.52. The number of phenolic OH excluding ortho intramolecular Hbond substituents is 1. The van der Waals surface area contributed by atoms with Crippen LogP contribution < -0.4 is 26.3 Å². The molecule has 1 saturated heterocycles. The summed E-state index contributed by atoms with van der Waals surface area (Å²) < 4.78 is 17.6. The van der Waals surface area contributed by atoms with Crippen molar-refractivity contribution in [2.45, 2.75) is 68.5 Å². The van der Waals surface area contributed by atoms with Gasteiger partial charge in [0.2, 0.25) is 12.1 Å². The minimum Gasteiger partial charge on any atom is -0.507 e. The lowest BCUT2D eigenvalue weighted by Crippen LogP contribution is -2.68. The molecule has 2 amide bonds. The summed E-state index contributed by atoms with van der Waals surface area (Å²) >= 11 is 0. The summed E-state index contributed by atoms with van der Waals surface area (Å²) in [6.45, 7) is -2.14. The predicted molar refractivity (Wildman–Crippen MR) is 227 cm³/mol. The topological polar surface area (TPSA) is 310 Å². The van der Waals surface area contributed by atoms with E-state index in [4.69, 9.17) is 25.7 Å². The van der Waals surface area contributed by atoms with Crippen LogP contribution in [-0.2, 0) is 40.3 Å². The second kappa shape index (κ2) is 18.5. The van der Waals surface area contributed by atoms with Gasteiger partial charge in [-0.1, -0.05) is 30.3 Å². The number of amides is 2. The van der Waals surface area contributed by atoms with Gasteiger partial charge in [-0.2, -0.15) is 0 Å². The molecule has 3 aliphatic rings. The Kier molecular flexibility index (Phi) is 13.1. The Balaban J connectivity index is 1.26. The number of hydrogen-bond donors (Lipinski definition) is 9. The molecule has 19 nitrogen and oxygen atoms in total. The van der Waals surface area contributed by atoms with Gasteiger partial charge in [-0.3, -0.25) is 29.1 Å². The van der Waals surface area contributed by atoms with Crippen molar-refractivity contribution in [1.29, 1.82) is 0 Å². The number of nitrogen functional groups attached to an aromatic ring is 1. The Labute approximate surface area is 366 Å². The monoisotopic (exact) mass is 880 g/mol. The van der Waals surface area contributed by atoms with Gasteiger partial charge in [0.05, 0.1) is 31.5 Å². The van der Waals surface area contributed by atoms with Crippen LogP contribution in [0.1, 0.15) is 72.0 Å². The molecule has 6 unspecified atom stereocenters. The van der Waals surface area contributed by atoms with Crippen LogP contribution in [-0.4, -0.2) is 127 Å². The number of aliphatic imine (C=N–C) groups is 1. The van der Waals surface area contributed by atoms with Crippen molar-refractivity contribution in [3.8, 4) is 17.2 Å². The van der Waals surface area contributed by atoms with Gasteiger partial charge in [0.15, 0.2) is 11.7 Å². The number of nitrogens with one attached hydrogen (secondary N) is 1. The number of guanidine groups is 1. The van der Waals surface area contributed by atoms with Gasteiger partial charge in [-0.05, 0) is 54.2 Å². The van der Waals surface area contributed by atoms with Gasteiger partial charge >= 0.3 is 0 Å². The summed E-state index contributed by atoms with van der Waals surface area (Å²) in [7, 11) is 2.71. The Hall–Kier alpha value is -6.74. The summed E-state index contributed by atoms with van der Waals surface area (Å²) in [6.07, 6.45) is -4.11. The number of methoxy groups -OCH3 is 1. The fraction of sp³-hybridized carbons (Fsp3) is 0.333. The molecule has 0 bridgehead atoms. The molecule has 6 atom stereocenters. The van der Waals surface area contributed by atoms with Crippen molar-refractivity contribution in [2.75, 3.05) is 33.0 Å². The van der Waals surface area contributed by atoms with E-state index in [1.165, 1.54) is 38.6 Å². The number of aliphatic hydroxyl groups is 5. The van der Waals surface area contributed by atoms with Crippen molar-refractivity contribution >= 4 is 35.2 Å². The van der Waals surface area contributed by atoms with Crippen molar-refractivity contribution in [2.24, 2.45) is 10.7 Å². The van der Waals surface area contributed by atoms with Gasteiger partial charge in [-0.15, -0.1) is 0 Å². The number of pyridine rings is 1. The van der Waals surface area contributed by atoms with Gasteiger partial charge in [0, 0.05) is 72.7 Å². The molecule has 0 spiro atoms. The van der Waals surface area contributed by atoms with Crippen molar-refractivity contribution in [1.82, 2.24) is 15.2 Å². The van der Waals surface area contributed by atoms with Gasteiger partial charge in [0.1, 0.15) is 47.0 Å². The van der Waals surface area contributed by atoms with Crippen LogP contribution in [0.5, 0.6) is 17.2 Å². The number of carbonyl (C=O) groups is 4. The normalized spacial score (nSPS) is 22.4. The second-order valence-corrected chi connectivity index (χ2v) is 15.6. The van der Waals surface area contributed by atoms with E-state index in [2.05, 4.69) is 15.3 Å². The number of aryl methyl sites for hydroxylation is 2. The quantitative estimate of drug-likeness (QED) is 0.0383.